The molecule has 0 N–H and O–H groups in total. The Labute approximate surface area is 153 Å². The molecular formula is C20H23N5O. The summed E-state index contributed by atoms with van der Waals surface area (Å²) in [4.78, 5) is 15.1. The molecule has 0 fully saturated rings. The van der Waals surface area contributed by atoms with Crippen LogP contribution in [0.3, 0.4) is 0 Å². The Kier molecular flexibility index (Phi) is 4.11. The molecule has 3 heterocycles. The van der Waals surface area contributed by atoms with Crippen LogP contribution in [0.4, 0.5) is 0 Å². The monoisotopic (exact) mass is 349 g/mol. The van der Waals surface area contributed by atoms with Crippen molar-refractivity contribution in [3.8, 4) is 5.69 Å². The Morgan fingerprint density at radius 1 is 1.08 bits per heavy atom. The Morgan fingerprint density at radius 3 is 2.58 bits per heavy atom. The third-order valence-corrected chi connectivity index (χ3v) is 4.92. The predicted octanol–water partition coefficient (Wildman–Crippen LogP) is 3.16. The molecule has 26 heavy (non-hydrogen) atoms. The van der Waals surface area contributed by atoms with Gasteiger partial charge in [-0.3, -0.25) is 4.79 Å². The molecule has 0 spiro atoms. The molecule has 0 unspecified atom stereocenters. The van der Waals surface area contributed by atoms with Crippen LogP contribution in [0.25, 0.3) is 5.69 Å². The zero-order valence-electron chi connectivity index (χ0n) is 15.4. The van der Waals surface area contributed by atoms with Gasteiger partial charge in [0.25, 0.3) is 5.91 Å². The lowest BCUT2D eigenvalue weighted by molar-refractivity contribution is 0.0706. The van der Waals surface area contributed by atoms with Crippen LogP contribution >= 0.6 is 0 Å². The molecule has 134 valence electrons. The highest BCUT2D eigenvalue weighted by Crippen LogP contribution is 2.24. The molecule has 6 nitrogen and oxygen atoms in total. The number of hydrogen-bond donors (Lipinski definition) is 0. The maximum Gasteiger partial charge on any atom is 0.256 e. The molecule has 0 aliphatic carbocycles. The number of aromatic nitrogens is 4. The lowest BCUT2D eigenvalue weighted by Gasteiger charge is -2.29. The average Bonchev–Trinajstić information content (AvgIpc) is 3.29. The number of fused-ring (bicyclic) bond motifs is 1. The second-order valence-corrected chi connectivity index (χ2v) is 7.07. The van der Waals surface area contributed by atoms with Gasteiger partial charge in [-0.1, -0.05) is 26.0 Å². The van der Waals surface area contributed by atoms with Crippen LogP contribution in [0.5, 0.6) is 0 Å². The summed E-state index contributed by atoms with van der Waals surface area (Å²) in [5.41, 5.74) is 2.74. The largest absolute Gasteiger partial charge is 0.329 e. The van der Waals surface area contributed by atoms with E-state index in [0.29, 0.717) is 19.0 Å². The van der Waals surface area contributed by atoms with Gasteiger partial charge in [0.2, 0.25) is 0 Å². The zero-order valence-corrected chi connectivity index (χ0v) is 15.4. The number of para-hydroxylation sites is 1. The van der Waals surface area contributed by atoms with Crippen molar-refractivity contribution in [2.45, 2.75) is 39.8 Å². The normalized spacial score (nSPS) is 13.9. The fraction of sp³-hybridized carbons (Fsp3) is 0.350. The van der Waals surface area contributed by atoms with E-state index in [0.717, 1.165) is 35.0 Å². The molecule has 3 aromatic rings. The van der Waals surface area contributed by atoms with Crippen molar-refractivity contribution in [1.29, 1.82) is 0 Å². The van der Waals surface area contributed by atoms with Crippen molar-refractivity contribution < 1.29 is 4.79 Å². The first-order chi connectivity index (χ1) is 12.6. The van der Waals surface area contributed by atoms with Gasteiger partial charge in [0, 0.05) is 31.4 Å². The van der Waals surface area contributed by atoms with Gasteiger partial charge in [0.15, 0.2) is 5.82 Å². The average molecular weight is 349 g/mol. The summed E-state index contributed by atoms with van der Waals surface area (Å²) in [5.74, 6) is 2.23. The fourth-order valence-electron chi connectivity index (χ4n) is 3.61. The summed E-state index contributed by atoms with van der Waals surface area (Å²) in [6.45, 7) is 8.18. The topological polar surface area (TPSA) is 56.0 Å². The molecule has 0 bridgehead atoms. The maximum absolute atomic E-state index is 13.3. The van der Waals surface area contributed by atoms with Gasteiger partial charge in [-0.2, -0.15) is 0 Å². The number of carbonyl (C=O) groups is 1. The second kappa shape index (κ2) is 6.44. The third-order valence-electron chi connectivity index (χ3n) is 4.92. The highest BCUT2D eigenvalue weighted by Gasteiger charge is 2.27. The molecule has 0 atom stereocenters. The summed E-state index contributed by atoms with van der Waals surface area (Å²) in [6, 6.07) is 9.82. The van der Waals surface area contributed by atoms with E-state index in [1.54, 1.807) is 0 Å². The summed E-state index contributed by atoms with van der Waals surface area (Å²) >= 11 is 0. The molecule has 1 aliphatic heterocycles. The van der Waals surface area contributed by atoms with Crippen LogP contribution in [-0.2, 0) is 13.1 Å². The van der Waals surface area contributed by atoms with Crippen molar-refractivity contribution in [3.05, 3.63) is 65.5 Å². The summed E-state index contributed by atoms with van der Waals surface area (Å²) in [7, 11) is 0. The predicted molar refractivity (Wildman–Crippen MR) is 99.4 cm³/mol. The molecule has 1 aromatic carbocycles. The van der Waals surface area contributed by atoms with E-state index in [1.165, 1.54) is 0 Å². The number of benzene rings is 1. The minimum atomic E-state index is 0.0396. The molecule has 4 rings (SSSR count). The Hall–Kier alpha value is -2.89. The number of carbonyl (C=O) groups excluding carboxylic acids is 1. The number of hydrogen-bond acceptors (Lipinski definition) is 3. The van der Waals surface area contributed by atoms with Crippen LogP contribution in [-0.4, -0.2) is 36.7 Å². The van der Waals surface area contributed by atoms with Crippen LogP contribution < -0.4 is 0 Å². The van der Waals surface area contributed by atoms with E-state index < -0.39 is 0 Å². The number of aryl methyl sites for hydroxylation is 1. The second-order valence-electron chi connectivity index (χ2n) is 7.07. The minimum Gasteiger partial charge on any atom is -0.329 e. The highest BCUT2D eigenvalue weighted by atomic mass is 16.2. The van der Waals surface area contributed by atoms with Crippen molar-refractivity contribution >= 4 is 5.91 Å². The van der Waals surface area contributed by atoms with Gasteiger partial charge in [0.05, 0.1) is 17.8 Å². The molecule has 0 saturated carbocycles. The smallest absolute Gasteiger partial charge is 0.256 e. The van der Waals surface area contributed by atoms with Crippen LogP contribution in [0.2, 0.25) is 0 Å². The molecule has 0 saturated heterocycles. The Morgan fingerprint density at radius 2 is 1.85 bits per heavy atom. The van der Waals surface area contributed by atoms with Gasteiger partial charge in [-0.05, 0) is 30.7 Å². The molecule has 6 heteroatoms. The zero-order chi connectivity index (χ0) is 18.3. The van der Waals surface area contributed by atoms with Crippen LogP contribution in [0.15, 0.2) is 42.7 Å². The van der Waals surface area contributed by atoms with Gasteiger partial charge in [-0.15, -0.1) is 10.2 Å². The lowest BCUT2D eigenvalue weighted by Crippen LogP contribution is -2.39. The minimum absolute atomic E-state index is 0.0396. The van der Waals surface area contributed by atoms with Gasteiger partial charge in [0.1, 0.15) is 5.82 Å². The van der Waals surface area contributed by atoms with E-state index >= 15 is 0 Å². The van der Waals surface area contributed by atoms with E-state index in [2.05, 4.69) is 28.6 Å². The highest BCUT2D eigenvalue weighted by molar-refractivity contribution is 5.98. The maximum atomic E-state index is 13.3. The van der Waals surface area contributed by atoms with E-state index in [4.69, 9.17) is 0 Å². The van der Waals surface area contributed by atoms with Crippen molar-refractivity contribution in [2.75, 3.05) is 6.54 Å². The first-order valence-electron chi connectivity index (χ1n) is 9.00. The van der Waals surface area contributed by atoms with E-state index in [1.807, 2.05) is 59.1 Å². The van der Waals surface area contributed by atoms with Crippen molar-refractivity contribution in [1.82, 2.24) is 24.2 Å². The third kappa shape index (κ3) is 2.71. The standard InChI is InChI=1S/C20H23N5O/c1-14(2)19-22-21-17-13-24(11-12-25(17)19)20(26)16-8-6-7-15(3)18(16)23-9-4-5-10-23/h4-10,14H,11-13H2,1-3H3. The van der Waals surface area contributed by atoms with E-state index in [9.17, 15) is 4.79 Å². The molecule has 0 radical (unpaired) electrons. The molecule has 1 amide bonds. The molecule has 2 aromatic heterocycles. The van der Waals surface area contributed by atoms with Crippen LogP contribution in [0, 0.1) is 6.92 Å². The lowest BCUT2D eigenvalue weighted by atomic mass is 10.1. The Bertz CT molecular complexity index is 939. The van der Waals surface area contributed by atoms with Crippen molar-refractivity contribution in [2.24, 2.45) is 0 Å². The SMILES string of the molecule is Cc1cccc(C(=O)N2CCn3c(nnc3C(C)C)C2)c1-n1cccc1. The van der Waals surface area contributed by atoms with Crippen LogP contribution in [0.1, 0.15) is 47.3 Å². The number of nitrogens with zero attached hydrogens (tertiary/aromatic N) is 5. The Balaban J connectivity index is 1.66. The number of rotatable bonds is 3. The first kappa shape index (κ1) is 16.6. The van der Waals surface area contributed by atoms with Gasteiger partial charge < -0.3 is 14.0 Å². The summed E-state index contributed by atoms with van der Waals surface area (Å²) in [6.07, 6.45) is 3.95. The summed E-state index contributed by atoms with van der Waals surface area (Å²) in [5, 5.41) is 8.62. The van der Waals surface area contributed by atoms with Gasteiger partial charge >= 0.3 is 0 Å². The quantitative estimate of drug-likeness (QED) is 0.730. The summed E-state index contributed by atoms with van der Waals surface area (Å²) < 4.78 is 4.16. The fourth-order valence-corrected chi connectivity index (χ4v) is 3.61. The molecule has 1 aliphatic rings. The van der Waals surface area contributed by atoms with Gasteiger partial charge in [-0.25, -0.2) is 0 Å². The first-order valence-corrected chi connectivity index (χ1v) is 9.00. The van der Waals surface area contributed by atoms with Crippen molar-refractivity contribution in [3.63, 3.8) is 0 Å². The number of amides is 1. The molecular weight excluding hydrogens is 326 g/mol. The van der Waals surface area contributed by atoms with E-state index in [-0.39, 0.29) is 5.91 Å².